The standard InChI is InChI=1S/C18H16N4O4S/c1-11-4-3-5-15(12(11)2)21-16(23)10-27-18(21)20-19-17(24)13-6-8-14(9-7-13)22(25)26/h3-9H,10H2,1-2H3,(H,19,24). The maximum atomic E-state index is 12.3. The minimum Gasteiger partial charge on any atom is -0.273 e. The molecule has 3 rings (SSSR count). The zero-order valence-electron chi connectivity index (χ0n) is 14.6. The maximum absolute atomic E-state index is 12.3. The van der Waals surface area contributed by atoms with E-state index in [0.717, 1.165) is 16.8 Å². The molecule has 2 aromatic carbocycles. The Balaban J connectivity index is 1.81. The van der Waals surface area contributed by atoms with E-state index >= 15 is 0 Å². The van der Waals surface area contributed by atoms with Crippen molar-refractivity contribution >= 4 is 40.1 Å². The van der Waals surface area contributed by atoms with Crippen LogP contribution in [0.3, 0.4) is 0 Å². The zero-order valence-corrected chi connectivity index (χ0v) is 15.4. The van der Waals surface area contributed by atoms with Gasteiger partial charge in [-0.25, -0.2) is 5.43 Å². The Morgan fingerprint density at radius 3 is 2.59 bits per heavy atom. The van der Waals surface area contributed by atoms with E-state index in [1.165, 1.54) is 40.9 Å². The number of anilines is 1. The second-order valence-corrected chi connectivity index (χ2v) is 6.82. The van der Waals surface area contributed by atoms with E-state index in [2.05, 4.69) is 10.5 Å². The minimum atomic E-state index is -0.537. The first kappa shape index (κ1) is 18.6. The summed E-state index contributed by atoms with van der Waals surface area (Å²) in [4.78, 5) is 36.2. The van der Waals surface area contributed by atoms with Crippen LogP contribution < -0.4 is 10.3 Å². The number of carbonyl (C=O) groups excluding carboxylic acids is 2. The van der Waals surface area contributed by atoms with E-state index in [1.54, 1.807) is 0 Å². The fourth-order valence-corrected chi connectivity index (χ4v) is 3.38. The second kappa shape index (κ2) is 7.58. The smallest absolute Gasteiger partial charge is 0.271 e. The first-order valence-electron chi connectivity index (χ1n) is 8.03. The minimum absolute atomic E-state index is 0.101. The predicted molar refractivity (Wildman–Crippen MR) is 104 cm³/mol. The van der Waals surface area contributed by atoms with Crippen LogP contribution in [0.15, 0.2) is 47.6 Å². The molecule has 1 heterocycles. The van der Waals surface area contributed by atoms with Crippen LogP contribution in [0, 0.1) is 24.0 Å². The van der Waals surface area contributed by atoms with Gasteiger partial charge in [0.1, 0.15) is 0 Å². The summed E-state index contributed by atoms with van der Waals surface area (Å²) in [5.74, 6) is -0.394. The quantitative estimate of drug-likeness (QED) is 0.644. The van der Waals surface area contributed by atoms with E-state index in [-0.39, 0.29) is 22.9 Å². The Hall–Kier alpha value is -3.20. The number of carbonyl (C=O) groups is 2. The van der Waals surface area contributed by atoms with Crippen molar-refractivity contribution in [1.29, 1.82) is 0 Å². The van der Waals surface area contributed by atoms with Crippen molar-refractivity contribution in [1.82, 2.24) is 5.43 Å². The molecule has 0 aliphatic carbocycles. The lowest BCUT2D eigenvalue weighted by Crippen LogP contribution is -2.32. The molecule has 2 amide bonds. The van der Waals surface area contributed by atoms with Gasteiger partial charge in [-0.3, -0.25) is 24.6 Å². The second-order valence-electron chi connectivity index (χ2n) is 5.88. The molecule has 1 aliphatic heterocycles. The lowest BCUT2D eigenvalue weighted by Gasteiger charge is -2.19. The van der Waals surface area contributed by atoms with E-state index in [4.69, 9.17) is 0 Å². The monoisotopic (exact) mass is 384 g/mol. The third-order valence-corrected chi connectivity index (χ3v) is 5.10. The fourth-order valence-electron chi connectivity index (χ4n) is 2.56. The van der Waals surface area contributed by atoms with Crippen molar-refractivity contribution in [2.24, 2.45) is 5.10 Å². The molecule has 0 radical (unpaired) electrons. The number of nitrogens with one attached hydrogen (secondary N) is 1. The Labute approximate surface area is 159 Å². The first-order valence-corrected chi connectivity index (χ1v) is 9.01. The molecule has 0 atom stereocenters. The van der Waals surface area contributed by atoms with E-state index in [9.17, 15) is 19.7 Å². The normalized spacial score (nSPS) is 15.3. The molecule has 1 N–H and O–H groups in total. The van der Waals surface area contributed by atoms with Crippen LogP contribution in [-0.4, -0.2) is 27.7 Å². The number of hydrazone groups is 1. The lowest BCUT2D eigenvalue weighted by atomic mass is 10.1. The predicted octanol–water partition coefficient (Wildman–Crippen LogP) is 2.99. The Bertz CT molecular complexity index is 956. The highest BCUT2D eigenvalue weighted by molar-refractivity contribution is 8.15. The number of nitro benzene ring substituents is 1. The largest absolute Gasteiger partial charge is 0.273 e. The fraction of sp³-hybridized carbons (Fsp3) is 0.167. The van der Waals surface area contributed by atoms with Crippen LogP contribution in [0.4, 0.5) is 11.4 Å². The van der Waals surface area contributed by atoms with E-state index in [0.29, 0.717) is 5.17 Å². The highest BCUT2D eigenvalue weighted by Gasteiger charge is 2.31. The van der Waals surface area contributed by atoms with Gasteiger partial charge in [-0.2, -0.15) is 0 Å². The van der Waals surface area contributed by atoms with Crippen LogP contribution in [0.5, 0.6) is 0 Å². The number of hydrogen-bond donors (Lipinski definition) is 1. The molecule has 0 aromatic heterocycles. The maximum Gasteiger partial charge on any atom is 0.271 e. The molecule has 0 saturated carbocycles. The number of amidine groups is 1. The summed E-state index contributed by atoms with van der Waals surface area (Å²) in [5, 5.41) is 15.1. The number of nitro groups is 1. The SMILES string of the molecule is Cc1cccc(N2C(=O)CSC2=NNC(=O)c2ccc([N+](=O)[O-])cc2)c1C. The Morgan fingerprint density at radius 1 is 1.22 bits per heavy atom. The van der Waals surface area contributed by atoms with Gasteiger partial charge in [0.25, 0.3) is 11.6 Å². The summed E-state index contributed by atoms with van der Waals surface area (Å²) in [5.41, 5.74) is 5.28. The molecule has 2 aromatic rings. The Kier molecular flexibility index (Phi) is 5.22. The lowest BCUT2D eigenvalue weighted by molar-refractivity contribution is -0.384. The van der Waals surface area contributed by atoms with Crippen molar-refractivity contribution in [3.05, 3.63) is 69.3 Å². The van der Waals surface area contributed by atoms with E-state index < -0.39 is 10.8 Å². The highest BCUT2D eigenvalue weighted by Crippen LogP contribution is 2.30. The molecule has 138 valence electrons. The van der Waals surface area contributed by atoms with Gasteiger partial charge in [0.2, 0.25) is 5.91 Å². The number of thioether (sulfide) groups is 1. The third kappa shape index (κ3) is 3.82. The molecule has 0 bridgehead atoms. The number of aryl methyl sites for hydroxylation is 1. The summed E-state index contributed by atoms with van der Waals surface area (Å²) in [6.07, 6.45) is 0. The average Bonchev–Trinajstić information content (AvgIpc) is 3.02. The summed E-state index contributed by atoms with van der Waals surface area (Å²) < 4.78 is 0. The number of amides is 2. The zero-order chi connectivity index (χ0) is 19.6. The van der Waals surface area contributed by atoms with Gasteiger partial charge < -0.3 is 0 Å². The molecule has 0 unspecified atom stereocenters. The van der Waals surface area contributed by atoms with E-state index in [1.807, 2.05) is 32.0 Å². The van der Waals surface area contributed by atoms with Gasteiger partial charge in [0.15, 0.2) is 5.17 Å². The van der Waals surface area contributed by atoms with Crippen LogP contribution >= 0.6 is 11.8 Å². The van der Waals surface area contributed by atoms with Crippen molar-refractivity contribution in [2.45, 2.75) is 13.8 Å². The number of nitrogens with zero attached hydrogens (tertiary/aromatic N) is 3. The summed E-state index contributed by atoms with van der Waals surface area (Å²) >= 11 is 1.23. The molecule has 1 saturated heterocycles. The van der Waals surface area contributed by atoms with Crippen LogP contribution in [-0.2, 0) is 4.79 Å². The molecule has 9 heteroatoms. The van der Waals surface area contributed by atoms with Gasteiger partial charge in [0, 0.05) is 17.7 Å². The van der Waals surface area contributed by atoms with Crippen LogP contribution in [0.25, 0.3) is 0 Å². The van der Waals surface area contributed by atoms with Gasteiger partial charge in [-0.05, 0) is 43.2 Å². The summed E-state index contributed by atoms with van der Waals surface area (Å²) in [6, 6.07) is 10.9. The number of non-ortho nitro benzene ring substituents is 1. The summed E-state index contributed by atoms with van der Waals surface area (Å²) in [6.45, 7) is 3.88. The topological polar surface area (TPSA) is 105 Å². The van der Waals surface area contributed by atoms with Gasteiger partial charge in [0.05, 0.1) is 16.4 Å². The molecule has 27 heavy (non-hydrogen) atoms. The molecule has 0 spiro atoms. The first-order chi connectivity index (χ1) is 12.9. The van der Waals surface area contributed by atoms with Crippen molar-refractivity contribution in [3.63, 3.8) is 0 Å². The van der Waals surface area contributed by atoms with Gasteiger partial charge >= 0.3 is 0 Å². The molecule has 8 nitrogen and oxygen atoms in total. The van der Waals surface area contributed by atoms with Crippen LogP contribution in [0.1, 0.15) is 21.5 Å². The number of rotatable bonds is 4. The molecule has 1 aliphatic rings. The summed E-state index contributed by atoms with van der Waals surface area (Å²) in [7, 11) is 0. The van der Waals surface area contributed by atoms with Gasteiger partial charge in [-0.15, -0.1) is 5.10 Å². The number of benzene rings is 2. The van der Waals surface area contributed by atoms with Crippen molar-refractivity contribution < 1.29 is 14.5 Å². The van der Waals surface area contributed by atoms with Gasteiger partial charge in [-0.1, -0.05) is 23.9 Å². The van der Waals surface area contributed by atoms with Crippen molar-refractivity contribution in [2.75, 3.05) is 10.7 Å². The molecular formula is C18H16N4O4S. The third-order valence-electron chi connectivity index (χ3n) is 4.18. The van der Waals surface area contributed by atoms with Crippen LogP contribution in [0.2, 0.25) is 0 Å². The molecule has 1 fully saturated rings. The highest BCUT2D eigenvalue weighted by atomic mass is 32.2. The Morgan fingerprint density at radius 2 is 1.93 bits per heavy atom. The number of hydrogen-bond acceptors (Lipinski definition) is 6. The van der Waals surface area contributed by atoms with Crippen molar-refractivity contribution in [3.8, 4) is 0 Å². The molecular weight excluding hydrogens is 368 g/mol. The average molecular weight is 384 g/mol.